The van der Waals surface area contributed by atoms with Crippen LogP contribution in [-0.2, 0) is 4.79 Å². The molecule has 0 atom stereocenters. The van der Waals surface area contributed by atoms with E-state index in [1.54, 1.807) is 0 Å². The van der Waals surface area contributed by atoms with Gasteiger partial charge in [-0.25, -0.2) is 4.79 Å². The third-order valence-corrected chi connectivity index (χ3v) is 3.07. The third-order valence-electron chi connectivity index (χ3n) is 3.07. The highest BCUT2D eigenvalue weighted by atomic mass is 16.5. The van der Waals surface area contributed by atoms with Gasteiger partial charge in [0.2, 0.25) is 0 Å². The topological polar surface area (TPSA) is 46.5 Å². The molecule has 3 nitrogen and oxygen atoms in total. The van der Waals surface area contributed by atoms with Gasteiger partial charge in [0, 0.05) is 10.8 Å². The van der Waals surface area contributed by atoms with Gasteiger partial charge in [0.25, 0.3) is 0 Å². The van der Waals surface area contributed by atoms with Crippen molar-refractivity contribution in [2.45, 2.75) is 0 Å². The van der Waals surface area contributed by atoms with Gasteiger partial charge < -0.3 is 9.84 Å². The van der Waals surface area contributed by atoms with Crippen molar-refractivity contribution >= 4 is 27.5 Å². The Morgan fingerprint density at radius 2 is 1.47 bits per heavy atom. The molecular formula is C16H12O3. The summed E-state index contributed by atoms with van der Waals surface area (Å²) < 4.78 is 5.30. The van der Waals surface area contributed by atoms with Gasteiger partial charge in [0.15, 0.2) is 0 Å². The van der Waals surface area contributed by atoms with Gasteiger partial charge in [-0.15, -0.1) is 0 Å². The molecule has 94 valence electrons. The minimum Gasteiger partial charge on any atom is -0.424 e. The lowest BCUT2D eigenvalue weighted by Gasteiger charge is -2.10. The van der Waals surface area contributed by atoms with Crippen LogP contribution in [0.1, 0.15) is 0 Å². The Morgan fingerprint density at radius 3 is 2.00 bits per heavy atom. The van der Waals surface area contributed by atoms with Gasteiger partial charge >= 0.3 is 5.97 Å². The second-order valence-corrected chi connectivity index (χ2v) is 4.28. The number of hydrogen-bond acceptors (Lipinski definition) is 3. The fourth-order valence-electron chi connectivity index (χ4n) is 2.23. The number of ether oxygens (including phenoxy) is 1. The lowest BCUT2D eigenvalue weighted by molar-refractivity contribution is -0.137. The first-order chi connectivity index (χ1) is 9.29. The minimum absolute atomic E-state index is 0.507. The lowest BCUT2D eigenvalue weighted by Crippen LogP contribution is -2.12. The normalized spacial score (nSPS) is 10.8. The van der Waals surface area contributed by atoms with Crippen molar-refractivity contribution in [1.82, 2.24) is 0 Å². The number of carbonyl (C=O) groups is 1. The van der Waals surface area contributed by atoms with Gasteiger partial charge in [-0.3, -0.25) is 0 Å². The molecule has 0 fully saturated rings. The van der Waals surface area contributed by atoms with Crippen LogP contribution in [0.3, 0.4) is 0 Å². The van der Waals surface area contributed by atoms with Crippen LogP contribution in [0.4, 0.5) is 0 Å². The van der Waals surface area contributed by atoms with Crippen LogP contribution in [0.15, 0.2) is 54.6 Å². The molecule has 0 aromatic heterocycles. The maximum atomic E-state index is 11.4. The Hall–Kier alpha value is -2.39. The molecule has 3 aromatic carbocycles. The number of rotatable bonds is 2. The molecule has 0 bridgehead atoms. The summed E-state index contributed by atoms with van der Waals surface area (Å²) in [6.45, 7) is -0.627. The van der Waals surface area contributed by atoms with E-state index >= 15 is 0 Å². The molecule has 0 aliphatic heterocycles. The molecule has 3 rings (SSSR count). The summed E-state index contributed by atoms with van der Waals surface area (Å²) in [4.78, 5) is 11.4. The van der Waals surface area contributed by atoms with Crippen LogP contribution in [0, 0.1) is 0 Å². The van der Waals surface area contributed by atoms with Crippen LogP contribution in [0.25, 0.3) is 21.5 Å². The lowest BCUT2D eigenvalue weighted by atomic mass is 10.0. The maximum absolute atomic E-state index is 11.4. The SMILES string of the molecule is O=C(CO)Oc1c2ccccc2cc2ccccc12. The standard InChI is InChI=1S/C16H12O3/c17-10-15(18)19-16-13-7-3-1-5-11(13)9-12-6-2-4-8-14(12)16/h1-9,17H,10H2. The quantitative estimate of drug-likeness (QED) is 0.433. The maximum Gasteiger partial charge on any atom is 0.337 e. The van der Waals surface area contributed by atoms with Crippen molar-refractivity contribution in [2.75, 3.05) is 6.61 Å². The van der Waals surface area contributed by atoms with Crippen LogP contribution < -0.4 is 4.74 Å². The second kappa shape index (κ2) is 4.71. The number of aliphatic hydroxyl groups excluding tert-OH is 1. The van der Waals surface area contributed by atoms with Crippen LogP contribution >= 0.6 is 0 Å². The molecule has 19 heavy (non-hydrogen) atoms. The fraction of sp³-hybridized carbons (Fsp3) is 0.0625. The Morgan fingerprint density at radius 1 is 0.947 bits per heavy atom. The Bertz CT molecular complexity index is 708. The number of fused-ring (bicyclic) bond motifs is 2. The number of hydrogen-bond donors (Lipinski definition) is 1. The molecule has 0 unspecified atom stereocenters. The minimum atomic E-state index is -0.651. The van der Waals surface area contributed by atoms with Crippen molar-refractivity contribution < 1.29 is 14.6 Å². The molecule has 0 saturated carbocycles. The molecule has 1 N–H and O–H groups in total. The molecule has 3 heteroatoms. The van der Waals surface area contributed by atoms with Gasteiger partial charge in [0.05, 0.1) is 0 Å². The summed E-state index contributed by atoms with van der Waals surface area (Å²) in [6.07, 6.45) is 0. The highest BCUT2D eigenvalue weighted by molar-refractivity contribution is 6.06. The average Bonchev–Trinajstić information content (AvgIpc) is 2.46. The van der Waals surface area contributed by atoms with Gasteiger partial charge in [0.1, 0.15) is 12.4 Å². The number of aliphatic hydroxyl groups is 1. The van der Waals surface area contributed by atoms with Crippen LogP contribution in [0.5, 0.6) is 5.75 Å². The number of carbonyl (C=O) groups excluding carboxylic acids is 1. The molecule has 0 aliphatic carbocycles. The predicted molar refractivity (Wildman–Crippen MR) is 74.2 cm³/mol. The summed E-state index contributed by atoms with van der Waals surface area (Å²) in [5, 5.41) is 12.6. The van der Waals surface area contributed by atoms with Crippen molar-refractivity contribution in [2.24, 2.45) is 0 Å². The summed E-state index contributed by atoms with van der Waals surface area (Å²) in [7, 11) is 0. The monoisotopic (exact) mass is 252 g/mol. The summed E-state index contributed by atoms with van der Waals surface area (Å²) in [5.74, 6) is -0.144. The van der Waals surface area contributed by atoms with E-state index in [4.69, 9.17) is 9.84 Å². The zero-order chi connectivity index (χ0) is 13.2. The molecule has 0 amide bonds. The fourth-order valence-corrected chi connectivity index (χ4v) is 2.23. The molecule has 3 aromatic rings. The molecule has 0 spiro atoms. The van der Waals surface area contributed by atoms with Crippen molar-refractivity contribution in [3.63, 3.8) is 0 Å². The highest BCUT2D eigenvalue weighted by Gasteiger charge is 2.11. The molecule has 0 saturated heterocycles. The van der Waals surface area contributed by atoms with Crippen molar-refractivity contribution in [3.05, 3.63) is 54.6 Å². The molecular weight excluding hydrogens is 240 g/mol. The Kier molecular flexibility index (Phi) is 2.89. The first-order valence-electron chi connectivity index (χ1n) is 6.01. The summed E-state index contributed by atoms with van der Waals surface area (Å²) in [6, 6.07) is 17.5. The van der Waals surface area contributed by atoms with E-state index in [9.17, 15) is 4.79 Å². The van der Waals surface area contributed by atoms with E-state index in [0.717, 1.165) is 21.5 Å². The summed E-state index contributed by atoms with van der Waals surface area (Å²) in [5.41, 5.74) is 0. The highest BCUT2D eigenvalue weighted by Crippen LogP contribution is 2.34. The van der Waals surface area contributed by atoms with Crippen LogP contribution in [-0.4, -0.2) is 17.7 Å². The Labute approximate surface area is 110 Å². The van der Waals surface area contributed by atoms with Gasteiger partial charge in [-0.1, -0.05) is 48.5 Å². The number of esters is 1. The van der Waals surface area contributed by atoms with Crippen molar-refractivity contribution in [1.29, 1.82) is 0 Å². The second-order valence-electron chi connectivity index (χ2n) is 4.28. The van der Waals surface area contributed by atoms with E-state index in [1.165, 1.54) is 0 Å². The van der Waals surface area contributed by atoms with Gasteiger partial charge in [-0.2, -0.15) is 0 Å². The molecule has 0 aliphatic rings. The van der Waals surface area contributed by atoms with E-state index < -0.39 is 12.6 Å². The first-order valence-corrected chi connectivity index (χ1v) is 6.01. The van der Waals surface area contributed by atoms with E-state index in [0.29, 0.717) is 5.75 Å². The molecule has 0 radical (unpaired) electrons. The summed E-state index contributed by atoms with van der Waals surface area (Å²) >= 11 is 0. The Balaban J connectivity index is 2.36. The van der Waals surface area contributed by atoms with Gasteiger partial charge in [-0.05, 0) is 16.8 Å². The first kappa shape index (κ1) is 11.7. The zero-order valence-electron chi connectivity index (χ0n) is 10.2. The van der Waals surface area contributed by atoms with E-state index in [-0.39, 0.29) is 0 Å². The van der Waals surface area contributed by atoms with E-state index in [2.05, 4.69) is 6.07 Å². The smallest absolute Gasteiger partial charge is 0.337 e. The number of benzene rings is 3. The predicted octanol–water partition coefficient (Wildman–Crippen LogP) is 2.89. The third kappa shape index (κ3) is 2.04. The van der Waals surface area contributed by atoms with E-state index in [1.807, 2.05) is 48.5 Å². The average molecular weight is 252 g/mol. The molecule has 0 heterocycles. The van der Waals surface area contributed by atoms with Crippen LogP contribution in [0.2, 0.25) is 0 Å². The largest absolute Gasteiger partial charge is 0.424 e. The van der Waals surface area contributed by atoms with Crippen molar-refractivity contribution in [3.8, 4) is 5.75 Å². The zero-order valence-corrected chi connectivity index (χ0v) is 10.2.